The summed E-state index contributed by atoms with van der Waals surface area (Å²) in [4.78, 5) is 125. The summed E-state index contributed by atoms with van der Waals surface area (Å²) in [5, 5.41) is 22.0. The SMILES string of the molecule is C1CCOC1.CC.CC(=O)OCOC(=O)c1cc2cc3c4c(c2oc1=O)C(C)(C)CCN4CCC3(C)C.CC1(C)CCN2CCC(C)(C)c3c(O)c(C=O)cc1c32.CC1(C)CCN2CCC(C)(C)c3c2c1cc1cc(C(=O)O)c(=O)oc31.COC(=O)CC(=O)OC.COC(=O)c1cc2cc3c4c(c2oc1=O)C(C)(C)CCN4CCC3(C)C. The number of ether oxygens (including phenoxy) is 6. The number of methoxy groups -OCH3 is 3. The number of hydrogen-bond donors (Lipinski definition) is 2. The molecule has 0 saturated carbocycles. The Morgan fingerprint density at radius 3 is 1.02 bits per heavy atom. The van der Waals surface area contributed by atoms with Gasteiger partial charge >= 0.3 is 52.7 Å². The van der Waals surface area contributed by atoms with Crippen molar-refractivity contribution in [2.45, 2.75) is 245 Å². The zero-order chi connectivity index (χ0) is 86.4. The van der Waals surface area contributed by atoms with Crippen LogP contribution in [-0.2, 0) is 86.1 Å². The molecule has 0 spiro atoms. The summed E-state index contributed by atoms with van der Waals surface area (Å²) in [5.41, 5.74) is 12.8. The van der Waals surface area contributed by atoms with E-state index >= 15 is 0 Å². The number of carboxylic acids is 1. The summed E-state index contributed by atoms with van der Waals surface area (Å²) < 4.78 is 44.6. The van der Waals surface area contributed by atoms with Gasteiger partial charge in [-0.3, -0.25) is 19.2 Å². The van der Waals surface area contributed by atoms with Crippen molar-refractivity contribution >= 4 is 97.8 Å². The molecule has 0 radical (unpaired) electrons. The molecule has 0 bridgehead atoms. The number of aromatic hydroxyl groups is 1. The van der Waals surface area contributed by atoms with Crippen LogP contribution in [0.4, 0.5) is 22.7 Å². The van der Waals surface area contributed by atoms with E-state index in [2.05, 4.69) is 151 Å². The molecule has 4 aromatic carbocycles. The number of phenols is 1. The third-order valence-electron chi connectivity index (χ3n) is 25.2. The van der Waals surface area contributed by atoms with E-state index < -0.39 is 59.5 Å². The van der Waals surface area contributed by atoms with E-state index in [1.54, 1.807) is 6.07 Å². The molecule has 9 aliphatic heterocycles. The van der Waals surface area contributed by atoms with Crippen LogP contribution in [0.5, 0.6) is 5.75 Å². The minimum absolute atomic E-state index is 0.00170. The highest BCUT2D eigenvalue weighted by Crippen LogP contribution is 2.57. The number of anilines is 4. The number of fused-ring (bicyclic) bond motifs is 6. The average Bonchev–Trinajstić information content (AvgIpc) is 1.69. The van der Waals surface area contributed by atoms with Crippen molar-refractivity contribution in [2.24, 2.45) is 0 Å². The Hall–Kier alpha value is -10.0. The first-order chi connectivity index (χ1) is 54.8. The fraction of sp³-hybridized carbons (Fsp3) is 0.565. The third kappa shape index (κ3) is 17.9. The van der Waals surface area contributed by atoms with Gasteiger partial charge in [0.1, 0.15) is 45.6 Å². The van der Waals surface area contributed by atoms with E-state index in [0.29, 0.717) is 33.1 Å². The number of nitrogens with zero attached hydrogens (tertiary/aromatic N) is 4. The van der Waals surface area contributed by atoms with Crippen LogP contribution in [0, 0.1) is 0 Å². The van der Waals surface area contributed by atoms with Gasteiger partial charge in [-0.25, -0.2) is 28.8 Å². The molecule has 0 aliphatic carbocycles. The monoisotopic (exact) mass is 1620 g/mol. The Morgan fingerprint density at radius 2 is 0.718 bits per heavy atom. The van der Waals surface area contributed by atoms with Crippen LogP contribution in [0.25, 0.3) is 32.9 Å². The Morgan fingerprint density at radius 1 is 0.419 bits per heavy atom. The number of aldehydes is 1. The highest BCUT2D eigenvalue weighted by atomic mass is 16.7. The first-order valence-corrected chi connectivity index (χ1v) is 40.9. The lowest BCUT2D eigenvalue weighted by atomic mass is 9.69. The maximum Gasteiger partial charge on any atom is 0.351 e. The van der Waals surface area contributed by atoms with Crippen molar-refractivity contribution in [1.29, 1.82) is 0 Å². The van der Waals surface area contributed by atoms with Gasteiger partial charge in [-0.05, 0) is 172 Å². The molecule has 1 saturated heterocycles. The van der Waals surface area contributed by atoms with Crippen LogP contribution in [0.3, 0.4) is 0 Å². The first-order valence-electron chi connectivity index (χ1n) is 40.9. The van der Waals surface area contributed by atoms with Gasteiger partial charge in [-0.2, -0.15) is 0 Å². The van der Waals surface area contributed by atoms with Gasteiger partial charge in [0.15, 0.2) is 6.29 Å². The Kier molecular flexibility index (Phi) is 26.0. The number of hydrogen-bond acceptors (Lipinski definition) is 24. The third-order valence-corrected chi connectivity index (χ3v) is 25.2. The predicted octanol–water partition coefficient (Wildman–Crippen LogP) is 16.0. The van der Waals surface area contributed by atoms with E-state index in [0.717, 1.165) is 151 Å². The number of aromatic carboxylic acids is 1. The van der Waals surface area contributed by atoms with Crippen molar-refractivity contribution in [3.05, 3.63) is 140 Å². The lowest BCUT2D eigenvalue weighted by molar-refractivity contribution is -0.152. The van der Waals surface area contributed by atoms with Crippen molar-refractivity contribution in [1.82, 2.24) is 0 Å². The molecule has 9 aliphatic rings. The molecule has 1 fully saturated rings. The fourth-order valence-corrected chi connectivity index (χ4v) is 17.7. The van der Waals surface area contributed by atoms with Crippen molar-refractivity contribution < 1.29 is 85.4 Å². The number of phenolic OH excluding ortho intramolecular Hbond substituents is 1. The first kappa shape index (κ1) is 89.3. The minimum Gasteiger partial charge on any atom is -0.507 e. The number of esters is 5. The van der Waals surface area contributed by atoms with Crippen LogP contribution in [0.1, 0.15) is 288 Å². The zero-order valence-corrected chi connectivity index (χ0v) is 72.6. The Balaban J connectivity index is 0.000000155. The molecule has 16 rings (SSSR count). The van der Waals surface area contributed by atoms with E-state index in [-0.39, 0.29) is 72.2 Å². The lowest BCUT2D eigenvalue weighted by Crippen LogP contribution is -2.44. The average molecular weight is 1620 g/mol. The topological polar surface area (TPSA) is 319 Å². The summed E-state index contributed by atoms with van der Waals surface area (Å²) in [5.74, 6) is -4.34. The van der Waals surface area contributed by atoms with Crippen molar-refractivity contribution in [2.75, 3.05) is 113 Å². The Bertz CT molecular complexity index is 5210. The maximum absolute atomic E-state index is 12.7. The van der Waals surface area contributed by atoms with E-state index in [1.165, 1.54) is 98.2 Å². The van der Waals surface area contributed by atoms with Crippen LogP contribution in [0.15, 0.2) is 70.1 Å². The molecule has 25 heteroatoms. The molecule has 2 N–H and O–H groups in total. The van der Waals surface area contributed by atoms with Gasteiger partial charge in [0.25, 0.3) is 0 Å². The standard InChI is InChI=1S/C23H27NO6.C21H25NO4.C20H23NO4.C17H23NO2.C5H8O4.C4H8O.C2H6/c1-13(25)28-12-29-20(26)15-10-14-11-16-18-17(19(14)30-21(15)27)23(4,5)7-9-24(18)8-6-22(16,2)3;1-20(2)6-8-22-9-7-21(3,4)15-16(22)14(20)11-12-10-13(18(23)25-5)19(24)26-17(12)15;1-19(2)5-7-21-8-6-20(3,4)14-15(21)13(19)10-11-9-12(17(22)23)18(24)25-16(11)14;1-16(2)5-7-18-8-6-17(3,4)13-14(18)12(16)9-11(10-19)15(13)20;1-8-4(6)3-5(7)9-2;1-2-4-5-3-1;1-2/h10-11H,6-9,12H2,1-5H3;10-11H,6-9H2,1-5H3;9-10H,5-8H2,1-4H3,(H,22,23);9-10,20H,5-8H2,1-4H3;3H2,1-2H3;1-4H2;1-2H3. The molecule has 7 aromatic rings. The van der Waals surface area contributed by atoms with Gasteiger partial charge in [0.2, 0.25) is 6.79 Å². The second kappa shape index (κ2) is 34.1. The van der Waals surface area contributed by atoms with Crippen molar-refractivity contribution in [3.8, 4) is 5.75 Å². The molecule has 0 atom stereocenters. The second-order valence-electron chi connectivity index (χ2n) is 36.9. The molecule has 0 amide bonds. The van der Waals surface area contributed by atoms with E-state index in [1.807, 2.05) is 32.0 Å². The highest BCUT2D eigenvalue weighted by Gasteiger charge is 2.47. The van der Waals surface area contributed by atoms with Gasteiger partial charge < -0.3 is 71.5 Å². The van der Waals surface area contributed by atoms with E-state index in [4.69, 9.17) is 27.5 Å². The highest BCUT2D eigenvalue weighted by molar-refractivity contribution is 5.99. The van der Waals surface area contributed by atoms with Crippen LogP contribution in [0.2, 0.25) is 0 Å². The normalized spacial score (nSPS) is 19.1. The maximum atomic E-state index is 12.7. The second-order valence-corrected chi connectivity index (χ2v) is 36.9. The zero-order valence-electron chi connectivity index (χ0n) is 72.6. The van der Waals surface area contributed by atoms with Crippen LogP contribution < -0.4 is 36.5 Å². The fourth-order valence-electron chi connectivity index (χ4n) is 17.7. The summed E-state index contributed by atoms with van der Waals surface area (Å²) >= 11 is 0. The molecule has 0 unspecified atom stereocenters. The lowest BCUT2D eigenvalue weighted by Gasteiger charge is -2.48. The number of benzene rings is 4. The summed E-state index contributed by atoms with van der Waals surface area (Å²) in [6.45, 7) is 50.0. The molecular formula is C92H120N4O21. The van der Waals surface area contributed by atoms with Crippen molar-refractivity contribution in [3.63, 3.8) is 0 Å². The smallest absolute Gasteiger partial charge is 0.351 e. The van der Waals surface area contributed by atoms with Crippen LogP contribution in [-0.4, -0.2) is 146 Å². The molecule has 3 aromatic heterocycles. The predicted molar refractivity (Wildman–Crippen MR) is 451 cm³/mol. The van der Waals surface area contributed by atoms with Crippen LogP contribution >= 0.6 is 0 Å². The molecular weight excluding hydrogens is 1500 g/mol. The number of carbonyl (C=O) groups is 7. The molecule has 634 valence electrons. The quantitative estimate of drug-likeness (QED) is 0.0356. The summed E-state index contributed by atoms with van der Waals surface area (Å²) in [7, 11) is 3.70. The van der Waals surface area contributed by atoms with Gasteiger partial charge in [0.05, 0.1) is 26.9 Å². The Labute approximate surface area is 685 Å². The summed E-state index contributed by atoms with van der Waals surface area (Å²) in [6.07, 6.45) is 11.2. The number of carbonyl (C=O) groups excluding carboxylic acids is 6. The van der Waals surface area contributed by atoms with Gasteiger partial charge in [-0.15, -0.1) is 0 Å². The van der Waals surface area contributed by atoms with Gasteiger partial charge in [-0.1, -0.05) is 125 Å². The molecule has 12 heterocycles. The minimum atomic E-state index is -1.25. The number of carboxylic acid groups (broad SMARTS) is 1. The largest absolute Gasteiger partial charge is 0.507 e. The van der Waals surface area contributed by atoms with Gasteiger partial charge in [0, 0.05) is 134 Å². The molecule has 117 heavy (non-hydrogen) atoms. The van der Waals surface area contributed by atoms with E-state index in [9.17, 15) is 58.2 Å². The molecule has 25 nitrogen and oxygen atoms in total. The number of rotatable bonds is 8. The summed E-state index contributed by atoms with van der Waals surface area (Å²) in [6, 6.07) is 12.7.